The zero-order valence-electron chi connectivity index (χ0n) is 32.0. The first kappa shape index (κ1) is 43.5. The van der Waals surface area contributed by atoms with Gasteiger partial charge in [-0.05, 0) is 89.9 Å². The number of carbonyl (C=O) groups excluding carboxylic acids is 1. The highest BCUT2D eigenvalue weighted by atomic mass is 32.2. The second-order valence-corrected chi connectivity index (χ2v) is 19.5. The van der Waals surface area contributed by atoms with E-state index in [4.69, 9.17) is 5.73 Å². The van der Waals surface area contributed by atoms with Crippen LogP contribution in [0.1, 0.15) is 0 Å². The van der Waals surface area contributed by atoms with Gasteiger partial charge in [0.1, 0.15) is 15.5 Å². The van der Waals surface area contributed by atoms with E-state index < -0.39 is 65.8 Å². The van der Waals surface area contributed by atoms with Crippen LogP contribution in [-0.2, 0) is 45.3 Å². The van der Waals surface area contributed by atoms with Crippen LogP contribution in [0.4, 0.5) is 28.4 Å². The monoisotopic (exact) mass is 941 g/mol. The first-order valence-electron chi connectivity index (χ1n) is 18.0. The average molecular weight is 942 g/mol. The summed E-state index contributed by atoms with van der Waals surface area (Å²) < 4.78 is 136. The van der Waals surface area contributed by atoms with Gasteiger partial charge in [-0.3, -0.25) is 28.4 Å². The Balaban J connectivity index is 1.15. The summed E-state index contributed by atoms with van der Waals surface area (Å²) in [6.07, 6.45) is 4.70. The smallest absolute Gasteiger partial charge is 0.296 e. The van der Waals surface area contributed by atoms with Crippen molar-refractivity contribution in [3.63, 3.8) is 0 Å². The number of carbonyl (C=O) groups is 1. The first-order valence-corrected chi connectivity index (χ1v) is 23.7. The normalized spacial score (nSPS) is 15.8. The Kier molecular flexibility index (Phi) is 10.8. The molecule has 0 spiro atoms. The van der Waals surface area contributed by atoms with E-state index >= 15 is 0 Å². The molecule has 2 aliphatic rings. The van der Waals surface area contributed by atoms with E-state index in [1.165, 1.54) is 42.5 Å². The maximum atomic E-state index is 12.7. The number of azo groups is 2. The van der Waals surface area contributed by atoms with Gasteiger partial charge in [-0.2, -0.15) is 43.9 Å². The van der Waals surface area contributed by atoms with Gasteiger partial charge in [-0.15, -0.1) is 15.3 Å². The summed E-state index contributed by atoms with van der Waals surface area (Å²) in [5.41, 5.74) is 9.45. The number of nitrogens with zero attached hydrogens (tertiary/aromatic N) is 5. The van der Waals surface area contributed by atoms with E-state index in [0.717, 1.165) is 36.4 Å². The molecule has 0 aromatic heterocycles. The van der Waals surface area contributed by atoms with Crippen LogP contribution >= 0.6 is 0 Å². The molecule has 6 aromatic carbocycles. The van der Waals surface area contributed by atoms with Gasteiger partial charge < -0.3 is 5.73 Å². The SMILES string of the molecule is NC1=CC(=O)C2=C/C(=N/Nc3ccc(N=Nc4ccc(N=Nc5ccc6cc(S(=O)(=O)O)cc(S(=O)(=O)O)c6c5)c5ccccc45)c4cc(S(=O)(=O)O)ccc34)C(S(=O)(=O)O)=CC2=C1. The number of hydrogen-bond acceptors (Lipinski definition) is 16. The molecule has 64 heavy (non-hydrogen) atoms. The average Bonchev–Trinajstić information content (AvgIpc) is 3.22. The summed E-state index contributed by atoms with van der Waals surface area (Å²) in [5, 5.41) is 23.0. The molecule has 324 valence electrons. The summed E-state index contributed by atoms with van der Waals surface area (Å²) in [6, 6.07) is 22.1. The van der Waals surface area contributed by atoms with Crippen LogP contribution in [0, 0.1) is 0 Å². The third kappa shape index (κ3) is 8.74. The fraction of sp³-hybridized carbons (Fsp3) is 0. The summed E-state index contributed by atoms with van der Waals surface area (Å²) in [4.78, 5) is 10.0. The van der Waals surface area contributed by atoms with Gasteiger partial charge in [0.15, 0.2) is 5.78 Å². The molecule has 0 atom stereocenters. The van der Waals surface area contributed by atoms with Crippen LogP contribution in [0.15, 0.2) is 183 Å². The summed E-state index contributed by atoms with van der Waals surface area (Å²) in [6.45, 7) is 0. The van der Waals surface area contributed by atoms with Crippen molar-refractivity contribution < 1.29 is 56.7 Å². The number of hydrogen-bond donors (Lipinski definition) is 6. The molecule has 8 rings (SSSR count). The lowest BCUT2D eigenvalue weighted by Crippen LogP contribution is -2.21. The molecule has 7 N–H and O–H groups in total. The van der Waals surface area contributed by atoms with E-state index in [0.29, 0.717) is 28.2 Å². The molecule has 20 nitrogen and oxygen atoms in total. The number of ketones is 1. The lowest BCUT2D eigenvalue weighted by atomic mass is 9.90. The lowest BCUT2D eigenvalue weighted by molar-refractivity contribution is -0.111. The van der Waals surface area contributed by atoms with E-state index in [9.17, 15) is 56.7 Å². The van der Waals surface area contributed by atoms with Gasteiger partial charge in [0.05, 0.1) is 38.2 Å². The van der Waals surface area contributed by atoms with Gasteiger partial charge in [0.2, 0.25) is 0 Å². The molecule has 0 unspecified atom stereocenters. The van der Waals surface area contributed by atoms with Crippen molar-refractivity contribution in [2.75, 3.05) is 5.43 Å². The third-order valence-electron chi connectivity index (χ3n) is 9.72. The van der Waals surface area contributed by atoms with E-state index in [2.05, 4.69) is 31.0 Å². The molecule has 0 fully saturated rings. The van der Waals surface area contributed by atoms with Crippen molar-refractivity contribution >= 4 is 113 Å². The number of anilines is 1. The Morgan fingerprint density at radius 3 is 1.77 bits per heavy atom. The van der Waals surface area contributed by atoms with Crippen molar-refractivity contribution in [3.05, 3.63) is 143 Å². The minimum atomic E-state index is -4.96. The van der Waals surface area contributed by atoms with Crippen molar-refractivity contribution in [3.8, 4) is 0 Å². The minimum absolute atomic E-state index is 0.0616. The zero-order valence-corrected chi connectivity index (χ0v) is 35.2. The van der Waals surface area contributed by atoms with E-state index in [-0.39, 0.29) is 61.2 Å². The Morgan fingerprint density at radius 1 is 0.516 bits per heavy atom. The summed E-state index contributed by atoms with van der Waals surface area (Å²) >= 11 is 0. The van der Waals surface area contributed by atoms with Crippen LogP contribution in [-0.4, -0.2) is 63.4 Å². The number of nitrogens with one attached hydrogen (secondary N) is 1. The quantitative estimate of drug-likeness (QED) is 0.0438. The number of rotatable bonds is 10. The maximum absolute atomic E-state index is 12.7. The molecular formula is C40H27N7O13S4. The molecule has 2 aliphatic carbocycles. The number of fused-ring (bicyclic) bond motifs is 4. The van der Waals surface area contributed by atoms with Gasteiger partial charge in [-0.1, -0.05) is 36.4 Å². The summed E-state index contributed by atoms with van der Waals surface area (Å²) in [5.74, 6) is -0.527. The maximum Gasteiger partial charge on any atom is 0.296 e. The number of allylic oxidation sites excluding steroid dienone is 7. The molecule has 0 saturated carbocycles. The van der Waals surface area contributed by atoms with Crippen LogP contribution in [0.2, 0.25) is 0 Å². The van der Waals surface area contributed by atoms with Gasteiger partial charge in [-0.25, -0.2) is 0 Å². The predicted molar refractivity (Wildman–Crippen MR) is 234 cm³/mol. The molecule has 0 aliphatic heterocycles. The molecule has 0 saturated heterocycles. The van der Waals surface area contributed by atoms with Crippen LogP contribution in [0.3, 0.4) is 0 Å². The molecule has 24 heteroatoms. The Morgan fingerprint density at radius 2 is 1.14 bits per heavy atom. The van der Waals surface area contributed by atoms with Crippen molar-refractivity contribution in [2.24, 2.45) is 31.3 Å². The number of nitrogens with two attached hydrogens (primary N) is 1. The Hall–Kier alpha value is -7.16. The first-order chi connectivity index (χ1) is 30.0. The third-order valence-corrected chi connectivity index (χ3v) is 13.2. The zero-order chi connectivity index (χ0) is 45.9. The highest BCUT2D eigenvalue weighted by Crippen LogP contribution is 2.39. The van der Waals surface area contributed by atoms with Gasteiger partial charge in [0.25, 0.3) is 40.5 Å². The van der Waals surface area contributed by atoms with Crippen molar-refractivity contribution in [2.45, 2.75) is 14.7 Å². The lowest BCUT2D eigenvalue weighted by Gasteiger charge is -2.18. The molecular weight excluding hydrogens is 915 g/mol. The molecule has 0 radical (unpaired) electrons. The topological polar surface area (TPSA) is 334 Å². The molecule has 0 bridgehead atoms. The second-order valence-electron chi connectivity index (χ2n) is 13.9. The molecule has 6 aromatic rings. The van der Waals surface area contributed by atoms with Crippen LogP contribution in [0.25, 0.3) is 32.3 Å². The predicted octanol–water partition coefficient (Wildman–Crippen LogP) is 7.55. The summed E-state index contributed by atoms with van der Waals surface area (Å²) in [7, 11) is -19.4. The molecule has 0 heterocycles. The fourth-order valence-corrected chi connectivity index (χ4v) is 9.31. The second kappa shape index (κ2) is 15.9. The highest BCUT2D eigenvalue weighted by Gasteiger charge is 2.29. The molecule has 0 amide bonds. The Labute approximate surface area is 362 Å². The highest BCUT2D eigenvalue weighted by molar-refractivity contribution is 7.91. The van der Waals surface area contributed by atoms with Gasteiger partial charge in [0, 0.05) is 44.3 Å². The number of benzene rings is 6. The van der Waals surface area contributed by atoms with Crippen LogP contribution < -0.4 is 11.2 Å². The Bertz CT molecular complexity index is 3790. The van der Waals surface area contributed by atoms with Crippen molar-refractivity contribution in [1.82, 2.24) is 0 Å². The van der Waals surface area contributed by atoms with Crippen molar-refractivity contribution in [1.29, 1.82) is 0 Å². The fourth-order valence-electron chi connectivity index (χ4n) is 6.81. The standard InChI is InChI=1S/C40H27N7O13S4/c41-23-13-22-15-40(64(58,59)60)37(20-30(22)38(48)16-23)47-45-35-11-12-36(32-18-25(61(49,50)51)7-8-29(32)35)46-44-34-10-9-33(27-3-1-2-4-28(27)34)43-42-24-6-5-21-14-26(62(52,53)54)19-39(31(21)17-24)63(55,56)57/h1-20,45H,41H2,(H,49,50,51)(H,52,53,54)(H,55,56,57)(H,58,59,60)/b43-42?,46-44?,47-37-. The van der Waals surface area contributed by atoms with Crippen LogP contribution in [0.5, 0.6) is 0 Å². The number of hydrazone groups is 1. The van der Waals surface area contributed by atoms with E-state index in [1.807, 2.05) is 0 Å². The van der Waals surface area contributed by atoms with E-state index in [1.54, 1.807) is 36.4 Å². The minimum Gasteiger partial charge on any atom is -0.399 e. The van der Waals surface area contributed by atoms with Gasteiger partial charge >= 0.3 is 0 Å². The largest absolute Gasteiger partial charge is 0.399 e.